The molecule has 3 rings (SSSR count). The van der Waals surface area contributed by atoms with E-state index in [0.717, 1.165) is 24.0 Å². The topological polar surface area (TPSA) is 58.2 Å². The molecule has 0 aliphatic carbocycles. The Hall–Kier alpha value is -3.40. The Kier molecular flexibility index (Phi) is 36.8. The van der Waals surface area contributed by atoms with Crippen molar-refractivity contribution in [2.45, 2.75) is 284 Å². The minimum Gasteiger partial charge on any atom is -0.267 e. The highest BCUT2D eigenvalue weighted by molar-refractivity contribution is 5.99. The first-order valence-electron chi connectivity index (χ1n) is 29.5. The zero-order valence-corrected chi connectivity index (χ0v) is 44.4. The Morgan fingerprint density at radius 3 is 0.706 bits per heavy atom. The summed E-state index contributed by atoms with van der Waals surface area (Å²) in [5.74, 6) is -0.637. The molecule has 0 atom stereocenters. The van der Waals surface area contributed by atoms with Gasteiger partial charge in [-0.05, 0) is 72.2 Å². The van der Waals surface area contributed by atoms with Crippen LogP contribution < -0.4 is 10.9 Å². The van der Waals surface area contributed by atoms with Gasteiger partial charge in [-0.1, -0.05) is 306 Å². The van der Waals surface area contributed by atoms with Crippen LogP contribution in [0.1, 0.15) is 303 Å². The first-order chi connectivity index (χ1) is 33.6. The van der Waals surface area contributed by atoms with Crippen LogP contribution in [0.3, 0.4) is 0 Å². The average Bonchev–Trinajstić information content (AvgIpc) is 3.37. The number of aryl methyl sites for hydroxylation is 2. The fourth-order valence-electron chi connectivity index (χ4n) is 9.93. The summed E-state index contributed by atoms with van der Waals surface area (Å²) in [4.78, 5) is 25.7. The van der Waals surface area contributed by atoms with Gasteiger partial charge in [0, 0.05) is 11.1 Å². The number of carbonyl (C=O) groups excluding carboxylic acids is 2. The molecule has 3 aromatic carbocycles. The summed E-state index contributed by atoms with van der Waals surface area (Å²) in [6.07, 6.45) is 58.3. The van der Waals surface area contributed by atoms with E-state index in [9.17, 15) is 9.59 Å². The van der Waals surface area contributed by atoms with E-state index in [1.807, 2.05) is 48.5 Å². The van der Waals surface area contributed by atoms with Gasteiger partial charge in [-0.2, -0.15) is 0 Å². The molecular formula is C64H104N2O2. The summed E-state index contributed by atoms with van der Waals surface area (Å²) >= 11 is 0. The van der Waals surface area contributed by atoms with Crippen LogP contribution in [0.4, 0.5) is 0 Å². The molecule has 4 heteroatoms. The van der Waals surface area contributed by atoms with E-state index in [2.05, 4.69) is 49.0 Å². The van der Waals surface area contributed by atoms with Gasteiger partial charge >= 0.3 is 0 Å². The second-order valence-corrected chi connectivity index (χ2v) is 20.8. The maximum atomic E-state index is 12.9. The number of hydrazine groups is 1. The number of hydrogen-bond acceptors (Lipinski definition) is 2. The van der Waals surface area contributed by atoms with Gasteiger partial charge in [0.05, 0.1) is 0 Å². The quantitative estimate of drug-likeness (QED) is 0.0438. The third kappa shape index (κ3) is 31.0. The summed E-state index contributed by atoms with van der Waals surface area (Å²) in [5, 5.41) is 0. The van der Waals surface area contributed by atoms with Gasteiger partial charge in [0.2, 0.25) is 0 Å². The van der Waals surface area contributed by atoms with E-state index >= 15 is 0 Å². The van der Waals surface area contributed by atoms with Gasteiger partial charge in [-0.15, -0.1) is 0 Å². The van der Waals surface area contributed by atoms with Crippen LogP contribution in [-0.2, 0) is 12.8 Å². The minimum atomic E-state index is -0.328. The maximum absolute atomic E-state index is 12.9. The van der Waals surface area contributed by atoms with E-state index in [1.165, 1.54) is 268 Å². The van der Waals surface area contributed by atoms with Crippen LogP contribution in [0.2, 0.25) is 0 Å². The lowest BCUT2D eigenvalue weighted by Gasteiger charge is -2.09. The minimum absolute atomic E-state index is 0.309. The van der Waals surface area contributed by atoms with Crippen molar-refractivity contribution >= 4 is 11.8 Å². The normalized spacial score (nSPS) is 11.3. The lowest BCUT2D eigenvalue weighted by atomic mass is 9.99. The average molecular weight is 934 g/mol. The van der Waals surface area contributed by atoms with Crippen molar-refractivity contribution in [1.29, 1.82) is 0 Å². The predicted octanol–water partition coefficient (Wildman–Crippen LogP) is 20.2. The molecule has 4 nitrogen and oxygen atoms in total. The van der Waals surface area contributed by atoms with E-state index in [1.54, 1.807) is 0 Å². The van der Waals surface area contributed by atoms with E-state index in [-0.39, 0.29) is 11.8 Å². The van der Waals surface area contributed by atoms with Crippen molar-refractivity contribution in [3.63, 3.8) is 0 Å². The molecule has 0 aromatic heterocycles. The summed E-state index contributed by atoms with van der Waals surface area (Å²) in [6, 6.07) is 24.3. The van der Waals surface area contributed by atoms with Crippen LogP contribution in [-0.4, -0.2) is 11.8 Å². The maximum Gasteiger partial charge on any atom is 0.269 e. The molecule has 0 aliphatic heterocycles. The molecule has 0 saturated heterocycles. The fraction of sp³-hybridized carbons (Fsp3) is 0.688. The predicted molar refractivity (Wildman–Crippen MR) is 297 cm³/mol. The molecule has 0 radical (unpaired) electrons. The second kappa shape index (κ2) is 42.5. The Labute approximate surface area is 420 Å². The van der Waals surface area contributed by atoms with Crippen LogP contribution in [0.25, 0.3) is 11.1 Å². The highest BCUT2D eigenvalue weighted by Gasteiger charge is 2.10. The second-order valence-electron chi connectivity index (χ2n) is 20.8. The largest absolute Gasteiger partial charge is 0.269 e. The van der Waals surface area contributed by atoms with E-state index in [0.29, 0.717) is 11.1 Å². The molecule has 0 fully saturated rings. The standard InChI is InChI=1S/C64H104N2O2/c1-3-5-7-9-11-13-15-17-19-21-23-25-27-29-31-33-35-37-39-41-43-57-45-49-59(50-46-57)60-53-55-62(56-54-60)64(68)66-65-63(67)61-51-47-58(48-52-61)44-42-40-38-36-34-32-30-28-26-24-22-20-18-16-14-12-10-8-6-4-2/h45-56H,3-44H2,1-2H3,(H,65,67)(H,66,68). The smallest absolute Gasteiger partial charge is 0.267 e. The van der Waals surface area contributed by atoms with Crippen molar-refractivity contribution in [2.75, 3.05) is 0 Å². The Balaban J connectivity index is 1.12. The third-order valence-corrected chi connectivity index (χ3v) is 14.6. The summed E-state index contributed by atoms with van der Waals surface area (Å²) in [6.45, 7) is 4.59. The van der Waals surface area contributed by atoms with Gasteiger partial charge in [0.1, 0.15) is 0 Å². The number of amides is 2. The van der Waals surface area contributed by atoms with Crippen LogP contribution in [0.15, 0.2) is 72.8 Å². The van der Waals surface area contributed by atoms with Crippen LogP contribution >= 0.6 is 0 Å². The first-order valence-corrected chi connectivity index (χ1v) is 29.5. The van der Waals surface area contributed by atoms with Crippen molar-refractivity contribution < 1.29 is 9.59 Å². The molecule has 3 aromatic rings. The number of unbranched alkanes of at least 4 members (excludes halogenated alkanes) is 38. The summed E-state index contributed by atoms with van der Waals surface area (Å²) in [5.41, 5.74) is 11.1. The molecule has 0 heterocycles. The number of rotatable bonds is 45. The summed E-state index contributed by atoms with van der Waals surface area (Å²) in [7, 11) is 0. The Morgan fingerprint density at radius 2 is 0.456 bits per heavy atom. The lowest BCUT2D eigenvalue weighted by molar-refractivity contribution is 0.0846. The Bertz CT molecular complexity index is 1600. The lowest BCUT2D eigenvalue weighted by Crippen LogP contribution is -2.41. The van der Waals surface area contributed by atoms with E-state index < -0.39 is 0 Å². The van der Waals surface area contributed by atoms with Crippen molar-refractivity contribution in [2.24, 2.45) is 0 Å². The van der Waals surface area contributed by atoms with Gasteiger partial charge in [-0.25, -0.2) is 0 Å². The fourth-order valence-corrected chi connectivity index (χ4v) is 9.93. The molecule has 382 valence electrons. The molecular weight excluding hydrogens is 829 g/mol. The zero-order chi connectivity index (χ0) is 48.2. The monoisotopic (exact) mass is 933 g/mol. The molecule has 0 bridgehead atoms. The molecule has 0 aliphatic rings. The van der Waals surface area contributed by atoms with Crippen LogP contribution in [0.5, 0.6) is 0 Å². The number of benzene rings is 3. The van der Waals surface area contributed by atoms with Crippen LogP contribution in [0, 0.1) is 0 Å². The van der Waals surface area contributed by atoms with Crippen molar-refractivity contribution in [3.05, 3.63) is 95.1 Å². The van der Waals surface area contributed by atoms with Gasteiger partial charge in [0.15, 0.2) is 0 Å². The molecule has 0 saturated carbocycles. The van der Waals surface area contributed by atoms with Crippen molar-refractivity contribution in [3.8, 4) is 11.1 Å². The third-order valence-electron chi connectivity index (χ3n) is 14.6. The number of carbonyl (C=O) groups is 2. The molecule has 0 unspecified atom stereocenters. The van der Waals surface area contributed by atoms with Gasteiger partial charge in [0.25, 0.3) is 11.8 Å². The highest BCUT2D eigenvalue weighted by atomic mass is 16.2. The van der Waals surface area contributed by atoms with Gasteiger partial charge < -0.3 is 0 Å². The number of nitrogens with one attached hydrogen (secondary N) is 2. The zero-order valence-electron chi connectivity index (χ0n) is 44.4. The molecule has 2 amide bonds. The molecule has 0 spiro atoms. The summed E-state index contributed by atoms with van der Waals surface area (Å²) < 4.78 is 0. The highest BCUT2D eigenvalue weighted by Crippen LogP contribution is 2.23. The van der Waals surface area contributed by atoms with Crippen molar-refractivity contribution in [1.82, 2.24) is 10.9 Å². The SMILES string of the molecule is CCCCCCCCCCCCCCCCCCCCCCc1ccc(C(=O)NNC(=O)c2ccc(-c3ccc(CCCCCCCCCCCCCCCCCCCCCC)cc3)cc2)cc1. The molecule has 68 heavy (non-hydrogen) atoms. The molecule has 2 N–H and O–H groups in total. The number of hydrogen-bond donors (Lipinski definition) is 2. The Morgan fingerprint density at radius 1 is 0.265 bits per heavy atom. The van der Waals surface area contributed by atoms with E-state index in [4.69, 9.17) is 0 Å². The first kappa shape index (κ1) is 58.9. The van der Waals surface area contributed by atoms with Gasteiger partial charge in [-0.3, -0.25) is 20.4 Å².